The van der Waals surface area contributed by atoms with Gasteiger partial charge in [0.2, 0.25) is 0 Å². The Bertz CT molecular complexity index is 172. The van der Waals surface area contributed by atoms with Crippen molar-refractivity contribution in [1.82, 2.24) is 0 Å². The number of hydrogen-bond donors (Lipinski definition) is 0. The van der Waals surface area contributed by atoms with Crippen molar-refractivity contribution in [2.45, 2.75) is 57.6 Å². The summed E-state index contributed by atoms with van der Waals surface area (Å²) in [6.07, 6.45) is 10.4. The summed E-state index contributed by atoms with van der Waals surface area (Å²) in [6.45, 7) is 8.12. The van der Waals surface area contributed by atoms with E-state index in [0.717, 1.165) is 12.7 Å². The Morgan fingerprint density at radius 2 is 1.94 bits per heavy atom. The Kier molecular flexibility index (Phi) is 11.1. The lowest BCUT2D eigenvalue weighted by atomic mass is 10.1. The standard InChI is InChI=1S/C14H26OS/c1-4-6-7-8-9-10-16-13(3)11-14(5-2)12-15/h5,12-14H,2,4,6-11H2,1,3H3. The Morgan fingerprint density at radius 3 is 2.50 bits per heavy atom. The van der Waals surface area contributed by atoms with E-state index in [4.69, 9.17) is 0 Å². The highest BCUT2D eigenvalue weighted by Crippen LogP contribution is 2.20. The second-order valence-corrected chi connectivity index (χ2v) is 5.91. The Balaban J connectivity index is 3.39. The third kappa shape index (κ3) is 9.02. The lowest BCUT2D eigenvalue weighted by molar-refractivity contribution is -0.110. The van der Waals surface area contributed by atoms with Gasteiger partial charge in [0.05, 0.1) is 0 Å². The van der Waals surface area contributed by atoms with E-state index >= 15 is 0 Å². The van der Waals surface area contributed by atoms with E-state index in [-0.39, 0.29) is 5.92 Å². The molecule has 0 aliphatic carbocycles. The highest BCUT2D eigenvalue weighted by molar-refractivity contribution is 7.99. The first kappa shape index (κ1) is 15.8. The topological polar surface area (TPSA) is 17.1 Å². The third-order valence-electron chi connectivity index (χ3n) is 2.73. The van der Waals surface area contributed by atoms with E-state index in [1.165, 1.54) is 37.9 Å². The van der Waals surface area contributed by atoms with Crippen LogP contribution in [-0.4, -0.2) is 17.3 Å². The number of carbonyl (C=O) groups is 1. The predicted octanol–water partition coefficient (Wildman–Crippen LogP) is 4.47. The van der Waals surface area contributed by atoms with E-state index in [2.05, 4.69) is 20.4 Å². The fraction of sp³-hybridized carbons (Fsp3) is 0.786. The second kappa shape index (κ2) is 11.3. The van der Waals surface area contributed by atoms with E-state index in [9.17, 15) is 4.79 Å². The van der Waals surface area contributed by atoms with Gasteiger partial charge >= 0.3 is 0 Å². The number of thioether (sulfide) groups is 1. The van der Waals surface area contributed by atoms with Gasteiger partial charge in [-0.2, -0.15) is 11.8 Å². The molecule has 0 rings (SSSR count). The maximum absolute atomic E-state index is 10.6. The molecule has 0 aromatic rings. The Hall–Kier alpha value is -0.240. The Labute approximate surface area is 105 Å². The van der Waals surface area contributed by atoms with Gasteiger partial charge in [-0.15, -0.1) is 6.58 Å². The van der Waals surface area contributed by atoms with Gasteiger partial charge in [0.25, 0.3) is 0 Å². The number of hydrogen-bond acceptors (Lipinski definition) is 2. The molecule has 0 radical (unpaired) electrons. The molecule has 2 heteroatoms. The molecular weight excluding hydrogens is 216 g/mol. The minimum atomic E-state index is 0.0441. The molecular formula is C14H26OS. The average molecular weight is 242 g/mol. The van der Waals surface area contributed by atoms with E-state index in [1.807, 2.05) is 11.8 Å². The van der Waals surface area contributed by atoms with Crippen molar-refractivity contribution in [2.75, 3.05) is 5.75 Å². The molecule has 2 unspecified atom stereocenters. The molecule has 16 heavy (non-hydrogen) atoms. The van der Waals surface area contributed by atoms with Crippen molar-refractivity contribution in [3.8, 4) is 0 Å². The van der Waals surface area contributed by atoms with Gasteiger partial charge in [-0.25, -0.2) is 0 Å². The average Bonchev–Trinajstić information content (AvgIpc) is 2.30. The van der Waals surface area contributed by atoms with Gasteiger partial charge in [0.15, 0.2) is 0 Å². The molecule has 0 spiro atoms. The minimum Gasteiger partial charge on any atom is -0.303 e. The van der Waals surface area contributed by atoms with Crippen molar-refractivity contribution in [3.63, 3.8) is 0 Å². The van der Waals surface area contributed by atoms with Crippen LogP contribution in [0.3, 0.4) is 0 Å². The lowest BCUT2D eigenvalue weighted by Gasteiger charge is -2.13. The number of rotatable bonds is 11. The first-order chi connectivity index (χ1) is 7.74. The van der Waals surface area contributed by atoms with Crippen molar-refractivity contribution in [1.29, 1.82) is 0 Å². The van der Waals surface area contributed by atoms with Crippen LogP contribution < -0.4 is 0 Å². The predicted molar refractivity (Wildman–Crippen MR) is 75.0 cm³/mol. The molecule has 0 aromatic heterocycles. The van der Waals surface area contributed by atoms with Crippen LogP contribution in [0, 0.1) is 5.92 Å². The highest BCUT2D eigenvalue weighted by atomic mass is 32.2. The van der Waals surface area contributed by atoms with Crippen LogP contribution in [-0.2, 0) is 4.79 Å². The van der Waals surface area contributed by atoms with E-state index in [1.54, 1.807) is 6.08 Å². The van der Waals surface area contributed by atoms with E-state index < -0.39 is 0 Å². The van der Waals surface area contributed by atoms with Crippen molar-refractivity contribution in [2.24, 2.45) is 5.92 Å². The molecule has 0 bridgehead atoms. The zero-order chi connectivity index (χ0) is 12.2. The van der Waals surface area contributed by atoms with Gasteiger partial charge < -0.3 is 4.79 Å². The summed E-state index contributed by atoms with van der Waals surface area (Å²) in [5, 5.41) is 0.569. The van der Waals surface area contributed by atoms with Gasteiger partial charge in [-0.05, 0) is 18.6 Å². The van der Waals surface area contributed by atoms with Gasteiger partial charge in [-0.3, -0.25) is 0 Å². The van der Waals surface area contributed by atoms with Crippen LogP contribution in [0.25, 0.3) is 0 Å². The summed E-state index contributed by atoms with van der Waals surface area (Å²) in [6, 6.07) is 0. The molecule has 0 amide bonds. The molecule has 0 aromatic carbocycles. The summed E-state index contributed by atoms with van der Waals surface area (Å²) < 4.78 is 0. The number of unbranched alkanes of at least 4 members (excludes halogenated alkanes) is 4. The van der Waals surface area contributed by atoms with Crippen LogP contribution in [0.5, 0.6) is 0 Å². The smallest absolute Gasteiger partial charge is 0.126 e. The lowest BCUT2D eigenvalue weighted by Crippen LogP contribution is -2.07. The van der Waals surface area contributed by atoms with Crippen LogP contribution >= 0.6 is 11.8 Å². The number of allylic oxidation sites excluding steroid dienone is 1. The van der Waals surface area contributed by atoms with Crippen molar-refractivity contribution >= 4 is 18.0 Å². The van der Waals surface area contributed by atoms with E-state index in [0.29, 0.717) is 5.25 Å². The summed E-state index contributed by atoms with van der Waals surface area (Å²) >= 11 is 1.99. The van der Waals surface area contributed by atoms with Crippen molar-refractivity contribution in [3.05, 3.63) is 12.7 Å². The third-order valence-corrected chi connectivity index (χ3v) is 4.02. The quantitative estimate of drug-likeness (QED) is 0.302. The van der Waals surface area contributed by atoms with Crippen LogP contribution in [0.2, 0.25) is 0 Å². The summed E-state index contributed by atoms with van der Waals surface area (Å²) in [5.41, 5.74) is 0. The molecule has 0 aliphatic heterocycles. The van der Waals surface area contributed by atoms with Gasteiger partial charge in [0.1, 0.15) is 6.29 Å². The molecule has 0 fully saturated rings. The summed E-state index contributed by atoms with van der Waals surface area (Å²) in [4.78, 5) is 10.6. The largest absolute Gasteiger partial charge is 0.303 e. The highest BCUT2D eigenvalue weighted by Gasteiger charge is 2.09. The normalized spacial score (nSPS) is 14.4. The first-order valence-corrected chi connectivity index (χ1v) is 7.48. The number of aldehydes is 1. The minimum absolute atomic E-state index is 0.0441. The van der Waals surface area contributed by atoms with Crippen LogP contribution in [0.4, 0.5) is 0 Å². The molecule has 94 valence electrons. The maximum atomic E-state index is 10.6. The summed E-state index contributed by atoms with van der Waals surface area (Å²) in [5.74, 6) is 1.27. The first-order valence-electron chi connectivity index (χ1n) is 6.44. The fourth-order valence-corrected chi connectivity index (χ4v) is 2.78. The zero-order valence-corrected chi connectivity index (χ0v) is 11.6. The fourth-order valence-electron chi connectivity index (χ4n) is 1.65. The monoisotopic (exact) mass is 242 g/mol. The second-order valence-electron chi connectivity index (χ2n) is 4.37. The maximum Gasteiger partial charge on any atom is 0.126 e. The van der Waals surface area contributed by atoms with Gasteiger partial charge in [-0.1, -0.05) is 45.6 Å². The number of carbonyl (C=O) groups excluding carboxylic acids is 1. The van der Waals surface area contributed by atoms with Crippen molar-refractivity contribution < 1.29 is 4.79 Å². The zero-order valence-electron chi connectivity index (χ0n) is 10.8. The molecule has 2 atom stereocenters. The SMILES string of the molecule is C=CC(C=O)CC(C)SCCCCCCC. The van der Waals surface area contributed by atoms with Crippen LogP contribution in [0.1, 0.15) is 52.4 Å². The molecule has 0 aliphatic rings. The van der Waals surface area contributed by atoms with Crippen LogP contribution in [0.15, 0.2) is 12.7 Å². The van der Waals surface area contributed by atoms with Gasteiger partial charge in [0, 0.05) is 11.2 Å². The molecule has 0 saturated carbocycles. The summed E-state index contributed by atoms with van der Waals surface area (Å²) in [7, 11) is 0. The molecule has 0 saturated heterocycles. The molecule has 0 N–H and O–H groups in total. The Morgan fingerprint density at radius 1 is 1.25 bits per heavy atom. The molecule has 1 nitrogen and oxygen atoms in total. The molecule has 0 heterocycles.